The number of aliphatic imine (C=N–C) groups is 1. The lowest BCUT2D eigenvalue weighted by atomic mass is 10.0. The highest BCUT2D eigenvalue weighted by Gasteiger charge is 2.14. The summed E-state index contributed by atoms with van der Waals surface area (Å²) in [6.07, 6.45) is 0.935. The molecule has 2 atom stereocenters. The molecule has 27 heavy (non-hydrogen) atoms. The van der Waals surface area contributed by atoms with Gasteiger partial charge in [0.25, 0.3) is 0 Å². The molecule has 0 amide bonds. The minimum atomic E-state index is 0. The second-order valence-electron chi connectivity index (χ2n) is 7.05. The van der Waals surface area contributed by atoms with Gasteiger partial charge in [0.05, 0.1) is 5.69 Å². The summed E-state index contributed by atoms with van der Waals surface area (Å²) in [5.74, 6) is 1.27. The van der Waals surface area contributed by atoms with E-state index < -0.39 is 0 Å². The summed E-state index contributed by atoms with van der Waals surface area (Å²) < 4.78 is 1.96. The third-order valence-electron chi connectivity index (χ3n) is 4.79. The van der Waals surface area contributed by atoms with Crippen molar-refractivity contribution in [3.8, 4) is 0 Å². The minimum absolute atomic E-state index is 0. The Hall–Kier alpha value is -1.57. The van der Waals surface area contributed by atoms with Gasteiger partial charge in [-0.2, -0.15) is 5.10 Å². The zero-order chi connectivity index (χ0) is 19.1. The van der Waals surface area contributed by atoms with Gasteiger partial charge >= 0.3 is 0 Å². The fraction of sp³-hybridized carbons (Fsp3) is 0.524. The number of rotatable bonds is 7. The summed E-state index contributed by atoms with van der Waals surface area (Å²) in [4.78, 5) is 4.80. The molecule has 0 spiro atoms. The van der Waals surface area contributed by atoms with Crippen molar-refractivity contribution in [1.82, 2.24) is 20.4 Å². The van der Waals surface area contributed by atoms with Crippen molar-refractivity contribution in [2.45, 2.75) is 53.0 Å². The minimum Gasteiger partial charge on any atom is -0.357 e. The van der Waals surface area contributed by atoms with E-state index >= 15 is 0 Å². The van der Waals surface area contributed by atoms with Gasteiger partial charge in [-0.05, 0) is 45.2 Å². The van der Waals surface area contributed by atoms with Crippen molar-refractivity contribution in [3.63, 3.8) is 0 Å². The van der Waals surface area contributed by atoms with Crippen molar-refractivity contribution in [3.05, 3.63) is 52.8 Å². The second kappa shape index (κ2) is 11.3. The first-order valence-corrected chi connectivity index (χ1v) is 9.51. The Labute approximate surface area is 181 Å². The smallest absolute Gasteiger partial charge is 0.191 e. The van der Waals surface area contributed by atoms with Gasteiger partial charge in [-0.1, -0.05) is 37.3 Å². The molecule has 0 aliphatic rings. The third-order valence-corrected chi connectivity index (χ3v) is 4.79. The highest BCUT2D eigenvalue weighted by atomic mass is 127. The lowest BCUT2D eigenvalue weighted by molar-refractivity contribution is 0.632. The standard InChI is InChI=1S/C21H33N5.HI/c1-7-22-21(23-14-15(2)19-11-9-8-10-12-19)24-16(3)13-20-17(4)25-26(6)18(20)5;/h8-12,15-16H,7,13-14H2,1-6H3,(H2,22,23,24);1H. The van der Waals surface area contributed by atoms with Crippen LogP contribution in [0.5, 0.6) is 0 Å². The fourth-order valence-corrected chi connectivity index (χ4v) is 3.14. The molecule has 0 fully saturated rings. The zero-order valence-electron chi connectivity index (χ0n) is 17.4. The van der Waals surface area contributed by atoms with Crippen LogP contribution in [0.4, 0.5) is 0 Å². The molecule has 0 saturated carbocycles. The Morgan fingerprint density at radius 2 is 1.85 bits per heavy atom. The molecule has 1 aromatic carbocycles. The SMILES string of the molecule is CCNC(=NCC(C)c1ccccc1)NC(C)Cc1c(C)nn(C)c1C.I. The number of aryl methyl sites for hydroxylation is 2. The zero-order valence-corrected chi connectivity index (χ0v) is 19.7. The number of halogens is 1. The maximum Gasteiger partial charge on any atom is 0.191 e. The van der Waals surface area contributed by atoms with Gasteiger partial charge in [0, 0.05) is 37.8 Å². The van der Waals surface area contributed by atoms with Crippen LogP contribution in [0.25, 0.3) is 0 Å². The van der Waals surface area contributed by atoms with E-state index in [1.165, 1.54) is 16.8 Å². The number of nitrogens with zero attached hydrogens (tertiary/aromatic N) is 3. The van der Waals surface area contributed by atoms with E-state index in [-0.39, 0.29) is 30.0 Å². The Morgan fingerprint density at radius 3 is 2.41 bits per heavy atom. The second-order valence-corrected chi connectivity index (χ2v) is 7.05. The van der Waals surface area contributed by atoms with E-state index in [2.05, 4.69) is 80.7 Å². The van der Waals surface area contributed by atoms with E-state index in [1.807, 2.05) is 11.7 Å². The summed E-state index contributed by atoms with van der Waals surface area (Å²) in [5.41, 5.74) is 4.98. The summed E-state index contributed by atoms with van der Waals surface area (Å²) >= 11 is 0. The van der Waals surface area contributed by atoms with Crippen LogP contribution >= 0.6 is 24.0 Å². The summed E-state index contributed by atoms with van der Waals surface area (Å²) in [7, 11) is 2.00. The van der Waals surface area contributed by atoms with E-state index in [0.717, 1.165) is 31.2 Å². The molecule has 6 heteroatoms. The van der Waals surface area contributed by atoms with Gasteiger partial charge in [0.1, 0.15) is 0 Å². The van der Waals surface area contributed by atoms with Crippen molar-refractivity contribution in [1.29, 1.82) is 0 Å². The summed E-state index contributed by atoms with van der Waals surface area (Å²) in [6.45, 7) is 12.3. The van der Waals surface area contributed by atoms with Crippen LogP contribution in [0.1, 0.15) is 49.2 Å². The fourth-order valence-electron chi connectivity index (χ4n) is 3.14. The molecule has 150 valence electrons. The van der Waals surface area contributed by atoms with Crippen LogP contribution in [-0.4, -0.2) is 34.9 Å². The quantitative estimate of drug-likeness (QED) is 0.357. The first kappa shape index (κ1) is 23.5. The molecule has 1 aromatic heterocycles. The van der Waals surface area contributed by atoms with Gasteiger partial charge in [0.2, 0.25) is 0 Å². The predicted octanol–water partition coefficient (Wildman–Crippen LogP) is 3.94. The van der Waals surface area contributed by atoms with Crippen molar-refractivity contribution >= 4 is 29.9 Å². The molecule has 0 saturated heterocycles. The van der Waals surface area contributed by atoms with Crippen LogP contribution in [0, 0.1) is 13.8 Å². The number of nitrogens with one attached hydrogen (secondary N) is 2. The highest BCUT2D eigenvalue weighted by Crippen LogP contribution is 2.15. The molecular weight excluding hydrogens is 449 g/mol. The molecular formula is C21H34IN5. The van der Waals surface area contributed by atoms with Crippen molar-refractivity contribution in [2.24, 2.45) is 12.0 Å². The molecule has 0 aliphatic heterocycles. The molecule has 2 N–H and O–H groups in total. The molecule has 1 heterocycles. The number of aromatic nitrogens is 2. The van der Waals surface area contributed by atoms with Gasteiger partial charge in [-0.25, -0.2) is 0 Å². The number of hydrogen-bond acceptors (Lipinski definition) is 2. The lowest BCUT2D eigenvalue weighted by Crippen LogP contribution is -2.43. The van der Waals surface area contributed by atoms with Crippen molar-refractivity contribution in [2.75, 3.05) is 13.1 Å². The van der Waals surface area contributed by atoms with Crippen LogP contribution in [0.15, 0.2) is 35.3 Å². The maximum atomic E-state index is 4.80. The van der Waals surface area contributed by atoms with E-state index in [1.54, 1.807) is 0 Å². The van der Waals surface area contributed by atoms with Crippen LogP contribution in [0.3, 0.4) is 0 Å². The Morgan fingerprint density at radius 1 is 1.19 bits per heavy atom. The van der Waals surface area contributed by atoms with Crippen LogP contribution in [-0.2, 0) is 13.5 Å². The van der Waals surface area contributed by atoms with Gasteiger partial charge in [-0.15, -0.1) is 24.0 Å². The maximum absolute atomic E-state index is 4.80. The molecule has 2 rings (SSSR count). The Balaban J connectivity index is 0.00000364. The molecule has 2 unspecified atom stereocenters. The largest absolute Gasteiger partial charge is 0.357 e. The number of guanidine groups is 1. The predicted molar refractivity (Wildman–Crippen MR) is 125 cm³/mol. The van der Waals surface area contributed by atoms with Gasteiger partial charge in [-0.3, -0.25) is 9.67 Å². The van der Waals surface area contributed by atoms with Crippen molar-refractivity contribution < 1.29 is 0 Å². The molecule has 0 bridgehead atoms. The average Bonchev–Trinajstić information content (AvgIpc) is 2.86. The first-order chi connectivity index (χ1) is 12.4. The highest BCUT2D eigenvalue weighted by molar-refractivity contribution is 14.0. The monoisotopic (exact) mass is 483 g/mol. The summed E-state index contributed by atoms with van der Waals surface area (Å²) in [5, 5.41) is 11.4. The Kier molecular flexibility index (Phi) is 9.83. The third kappa shape index (κ3) is 6.83. The average molecular weight is 483 g/mol. The lowest BCUT2D eigenvalue weighted by Gasteiger charge is -2.19. The van der Waals surface area contributed by atoms with Gasteiger partial charge < -0.3 is 10.6 Å². The Bertz CT molecular complexity index is 724. The van der Waals surface area contributed by atoms with E-state index in [0.29, 0.717) is 5.92 Å². The normalized spacial score (nSPS) is 13.6. The van der Waals surface area contributed by atoms with Crippen LogP contribution < -0.4 is 10.6 Å². The van der Waals surface area contributed by atoms with E-state index in [4.69, 9.17) is 4.99 Å². The van der Waals surface area contributed by atoms with Crippen LogP contribution in [0.2, 0.25) is 0 Å². The molecule has 5 nitrogen and oxygen atoms in total. The first-order valence-electron chi connectivity index (χ1n) is 9.51. The molecule has 0 aliphatic carbocycles. The summed E-state index contributed by atoms with van der Waals surface area (Å²) in [6, 6.07) is 10.8. The van der Waals surface area contributed by atoms with E-state index in [9.17, 15) is 0 Å². The topological polar surface area (TPSA) is 54.2 Å². The number of hydrogen-bond donors (Lipinski definition) is 2. The van der Waals surface area contributed by atoms with Gasteiger partial charge in [0.15, 0.2) is 5.96 Å². The molecule has 0 radical (unpaired) electrons. The number of benzene rings is 1. The molecule has 2 aromatic rings.